The second-order valence-electron chi connectivity index (χ2n) is 10.1. The van der Waals surface area contributed by atoms with E-state index in [0.717, 1.165) is 45.9 Å². The monoisotopic (exact) mass is 457 g/mol. The van der Waals surface area contributed by atoms with Crippen molar-refractivity contribution in [3.63, 3.8) is 0 Å². The largest absolute Gasteiger partial charge is 0.351 e. The third-order valence-corrected chi connectivity index (χ3v) is 8.91. The molecule has 2 aromatic rings. The molecule has 6 heteroatoms. The molecule has 4 aliphatic carbocycles. The van der Waals surface area contributed by atoms with Gasteiger partial charge in [-0.2, -0.15) is 0 Å². The molecular formula is C25H32ClN3OS. The number of halogens is 1. The maximum atomic E-state index is 12.8. The summed E-state index contributed by atoms with van der Waals surface area (Å²) in [6.07, 6.45) is 8.39. The molecule has 166 valence electrons. The van der Waals surface area contributed by atoms with Gasteiger partial charge in [-0.25, -0.2) is 4.98 Å². The number of carbonyl (C=O) groups excluding carboxylic acids is 1. The first kappa shape index (κ1) is 21.4. The van der Waals surface area contributed by atoms with Crippen molar-refractivity contribution in [2.24, 2.45) is 17.8 Å². The van der Waals surface area contributed by atoms with Gasteiger partial charge in [0.25, 0.3) is 0 Å². The quantitative estimate of drug-likeness (QED) is 0.537. The lowest BCUT2D eigenvalue weighted by Gasteiger charge is -2.56. The van der Waals surface area contributed by atoms with E-state index in [0.29, 0.717) is 6.42 Å². The van der Waals surface area contributed by atoms with E-state index in [2.05, 4.69) is 35.9 Å². The molecule has 0 saturated heterocycles. The maximum absolute atomic E-state index is 12.8. The third-order valence-electron chi connectivity index (χ3n) is 7.68. The van der Waals surface area contributed by atoms with Gasteiger partial charge in [0.1, 0.15) is 0 Å². The molecule has 4 nitrogen and oxygen atoms in total. The van der Waals surface area contributed by atoms with E-state index in [1.807, 2.05) is 12.1 Å². The second kappa shape index (κ2) is 8.47. The zero-order chi connectivity index (χ0) is 21.6. The Bertz CT molecular complexity index is 933. The van der Waals surface area contributed by atoms with Crippen molar-refractivity contribution in [1.29, 1.82) is 0 Å². The molecular weight excluding hydrogens is 426 g/mol. The van der Waals surface area contributed by atoms with Crippen LogP contribution in [0.1, 0.15) is 61.9 Å². The van der Waals surface area contributed by atoms with E-state index in [4.69, 9.17) is 16.6 Å². The van der Waals surface area contributed by atoms with Crippen LogP contribution in [0.3, 0.4) is 0 Å². The number of aryl methyl sites for hydroxylation is 1. The minimum atomic E-state index is 0.108. The Balaban J connectivity index is 1.18. The van der Waals surface area contributed by atoms with Gasteiger partial charge in [-0.15, -0.1) is 0 Å². The van der Waals surface area contributed by atoms with Crippen molar-refractivity contribution in [3.05, 3.63) is 46.2 Å². The average Bonchev–Trinajstić information content (AvgIpc) is 2.96. The van der Waals surface area contributed by atoms with Crippen molar-refractivity contribution in [3.8, 4) is 0 Å². The lowest BCUT2D eigenvalue weighted by atomic mass is 9.53. The molecule has 4 aliphatic rings. The predicted octanol–water partition coefficient (Wildman–Crippen LogP) is 5.77. The van der Waals surface area contributed by atoms with Crippen LogP contribution in [0.15, 0.2) is 29.4 Å². The van der Waals surface area contributed by atoms with Gasteiger partial charge < -0.3 is 9.88 Å². The van der Waals surface area contributed by atoms with Crippen LogP contribution in [0, 0.1) is 31.6 Å². The van der Waals surface area contributed by atoms with Crippen LogP contribution in [0.25, 0.3) is 0 Å². The van der Waals surface area contributed by atoms with Crippen LogP contribution in [0.2, 0.25) is 5.02 Å². The second-order valence-corrected chi connectivity index (χ2v) is 11.6. The topological polar surface area (TPSA) is 46.9 Å². The van der Waals surface area contributed by atoms with E-state index < -0.39 is 0 Å². The molecule has 1 aromatic heterocycles. The first-order valence-corrected chi connectivity index (χ1v) is 13.0. The number of nitrogens with zero attached hydrogens (tertiary/aromatic N) is 2. The number of thioether (sulfide) groups is 1. The van der Waals surface area contributed by atoms with Crippen molar-refractivity contribution < 1.29 is 4.79 Å². The standard InChI is InChI=1S/C25H32ClN3OS/c1-16-17(2)29(15-18-3-5-22(26)6-4-18)24(27-16)31-8-7-23(30)28-25-12-19-9-20(13-25)11-21(10-19)14-25/h3-6,19-21H,7-15H2,1-2H3,(H,28,30). The summed E-state index contributed by atoms with van der Waals surface area (Å²) in [6.45, 7) is 4.94. The average molecular weight is 458 g/mol. The van der Waals surface area contributed by atoms with Crippen LogP contribution < -0.4 is 5.32 Å². The van der Waals surface area contributed by atoms with Crippen molar-refractivity contribution in [2.75, 3.05) is 5.75 Å². The normalized spacial score (nSPS) is 28.8. The summed E-state index contributed by atoms with van der Waals surface area (Å²) in [6, 6.07) is 7.98. The summed E-state index contributed by atoms with van der Waals surface area (Å²) < 4.78 is 2.25. The Morgan fingerprint density at radius 3 is 2.35 bits per heavy atom. The number of rotatable bonds is 7. The number of benzene rings is 1. The SMILES string of the molecule is Cc1nc(SCCC(=O)NC23CC4CC(CC(C4)C2)C3)n(Cc2ccc(Cl)cc2)c1C. The van der Waals surface area contributed by atoms with Gasteiger partial charge >= 0.3 is 0 Å². The fraction of sp³-hybridized carbons (Fsp3) is 0.600. The Hall–Kier alpha value is -1.46. The minimum absolute atomic E-state index is 0.108. The molecule has 6 rings (SSSR count). The number of nitrogens with one attached hydrogen (secondary N) is 1. The fourth-order valence-electron chi connectivity index (χ4n) is 6.55. The summed E-state index contributed by atoms with van der Waals surface area (Å²) in [5.74, 6) is 3.54. The van der Waals surface area contributed by atoms with Crippen LogP contribution in [0.5, 0.6) is 0 Å². The summed E-state index contributed by atoms with van der Waals surface area (Å²) in [5, 5.41) is 5.24. The van der Waals surface area contributed by atoms with E-state index in [1.165, 1.54) is 49.8 Å². The molecule has 0 unspecified atom stereocenters. The smallest absolute Gasteiger partial charge is 0.221 e. The third kappa shape index (κ3) is 4.54. The highest BCUT2D eigenvalue weighted by atomic mass is 35.5. The Morgan fingerprint density at radius 1 is 1.13 bits per heavy atom. The van der Waals surface area contributed by atoms with Crippen LogP contribution >= 0.6 is 23.4 Å². The number of amides is 1. The molecule has 4 saturated carbocycles. The molecule has 0 radical (unpaired) electrons. The van der Waals surface area contributed by atoms with Gasteiger partial charge in [0.15, 0.2) is 5.16 Å². The summed E-state index contributed by atoms with van der Waals surface area (Å²) >= 11 is 7.72. The van der Waals surface area contributed by atoms with Crippen LogP contribution in [-0.2, 0) is 11.3 Å². The van der Waals surface area contributed by atoms with E-state index >= 15 is 0 Å². The molecule has 31 heavy (non-hydrogen) atoms. The predicted molar refractivity (Wildman–Crippen MR) is 127 cm³/mol. The van der Waals surface area contributed by atoms with Crippen molar-refractivity contribution in [1.82, 2.24) is 14.9 Å². The maximum Gasteiger partial charge on any atom is 0.221 e. The highest BCUT2D eigenvalue weighted by molar-refractivity contribution is 7.99. The Kier molecular flexibility index (Phi) is 5.85. The Labute approximate surface area is 194 Å². The molecule has 0 aliphatic heterocycles. The molecule has 1 heterocycles. The lowest BCUT2D eigenvalue weighted by molar-refractivity contribution is -0.126. The van der Waals surface area contributed by atoms with E-state index in [1.54, 1.807) is 11.8 Å². The summed E-state index contributed by atoms with van der Waals surface area (Å²) in [7, 11) is 0. The highest BCUT2D eigenvalue weighted by Crippen LogP contribution is 2.55. The molecule has 1 amide bonds. The molecule has 1 N–H and O–H groups in total. The van der Waals surface area contributed by atoms with E-state index in [-0.39, 0.29) is 11.4 Å². The molecule has 1 aromatic carbocycles. The summed E-state index contributed by atoms with van der Waals surface area (Å²) in [5.41, 5.74) is 3.53. The van der Waals surface area contributed by atoms with Gasteiger partial charge in [-0.1, -0.05) is 35.5 Å². The first-order chi connectivity index (χ1) is 14.9. The van der Waals surface area contributed by atoms with Gasteiger partial charge in [0, 0.05) is 35.0 Å². The molecule has 4 fully saturated rings. The van der Waals surface area contributed by atoms with Gasteiger partial charge in [-0.05, 0) is 87.8 Å². The molecule has 4 bridgehead atoms. The summed E-state index contributed by atoms with van der Waals surface area (Å²) in [4.78, 5) is 17.6. The highest BCUT2D eigenvalue weighted by Gasteiger charge is 2.51. The number of hydrogen-bond donors (Lipinski definition) is 1. The number of carbonyl (C=O) groups is 1. The van der Waals surface area contributed by atoms with Crippen molar-refractivity contribution in [2.45, 2.75) is 76.0 Å². The Morgan fingerprint density at radius 2 is 1.74 bits per heavy atom. The minimum Gasteiger partial charge on any atom is -0.351 e. The van der Waals surface area contributed by atoms with Gasteiger partial charge in [0.05, 0.1) is 5.69 Å². The van der Waals surface area contributed by atoms with Gasteiger partial charge in [-0.3, -0.25) is 4.79 Å². The lowest BCUT2D eigenvalue weighted by Crippen LogP contribution is -2.59. The van der Waals surface area contributed by atoms with Crippen molar-refractivity contribution >= 4 is 29.3 Å². The first-order valence-electron chi connectivity index (χ1n) is 11.6. The number of aromatic nitrogens is 2. The zero-order valence-corrected chi connectivity index (χ0v) is 20.1. The van der Waals surface area contributed by atoms with Crippen LogP contribution in [-0.4, -0.2) is 26.8 Å². The molecule has 0 atom stereocenters. The van der Waals surface area contributed by atoms with Crippen LogP contribution in [0.4, 0.5) is 0 Å². The number of hydrogen-bond acceptors (Lipinski definition) is 3. The van der Waals surface area contributed by atoms with Gasteiger partial charge in [0.2, 0.25) is 5.91 Å². The fourth-order valence-corrected chi connectivity index (χ4v) is 7.70. The zero-order valence-electron chi connectivity index (χ0n) is 18.5. The molecule has 0 spiro atoms. The van der Waals surface area contributed by atoms with E-state index in [9.17, 15) is 4.79 Å². The number of imidazole rings is 1.